The molecule has 0 spiro atoms. The van der Waals surface area contributed by atoms with E-state index in [4.69, 9.17) is 11.6 Å². The van der Waals surface area contributed by atoms with Crippen LogP contribution < -0.4 is 0 Å². The molecule has 0 atom stereocenters. The van der Waals surface area contributed by atoms with Crippen LogP contribution in [0.4, 0.5) is 8.78 Å². The lowest BCUT2D eigenvalue weighted by molar-refractivity contribution is 0.0989. The van der Waals surface area contributed by atoms with Gasteiger partial charge in [0.25, 0.3) is 0 Å². The summed E-state index contributed by atoms with van der Waals surface area (Å²) in [6, 6.07) is 4.44. The van der Waals surface area contributed by atoms with Crippen LogP contribution in [0.5, 0.6) is 0 Å². The molecule has 2 aromatic rings. The highest BCUT2D eigenvalue weighted by atomic mass is 35.5. The van der Waals surface area contributed by atoms with E-state index in [1.807, 2.05) is 0 Å². The third kappa shape index (κ3) is 2.71. The van der Waals surface area contributed by atoms with Gasteiger partial charge in [-0.25, -0.2) is 8.78 Å². The van der Waals surface area contributed by atoms with Crippen LogP contribution in [0.3, 0.4) is 0 Å². The fourth-order valence-corrected chi connectivity index (χ4v) is 1.72. The number of carbonyl (C=O) groups excluding carboxylic acids is 1. The molecule has 92 valence electrons. The summed E-state index contributed by atoms with van der Waals surface area (Å²) in [6.07, 6.45) is 2.85. The van der Waals surface area contributed by atoms with Crippen molar-refractivity contribution in [1.29, 1.82) is 0 Å². The molecule has 0 N–H and O–H groups in total. The van der Waals surface area contributed by atoms with E-state index in [2.05, 4.69) is 4.98 Å². The Morgan fingerprint density at radius 3 is 2.72 bits per heavy atom. The molecule has 0 amide bonds. The Morgan fingerprint density at radius 1 is 1.28 bits per heavy atom. The molecule has 1 aromatic heterocycles. The first-order chi connectivity index (χ1) is 8.58. The first-order valence-electron chi connectivity index (χ1n) is 5.14. The predicted octanol–water partition coefficient (Wildman–Crippen LogP) is 3.44. The van der Waals surface area contributed by atoms with Crippen molar-refractivity contribution in [3.05, 3.63) is 64.4 Å². The van der Waals surface area contributed by atoms with Gasteiger partial charge < -0.3 is 0 Å². The van der Waals surface area contributed by atoms with Crippen molar-refractivity contribution in [2.45, 2.75) is 6.42 Å². The van der Waals surface area contributed by atoms with Crippen LogP contribution in [0.1, 0.15) is 15.9 Å². The van der Waals surface area contributed by atoms with Crippen molar-refractivity contribution in [1.82, 2.24) is 4.98 Å². The van der Waals surface area contributed by atoms with Gasteiger partial charge in [0, 0.05) is 24.9 Å². The highest BCUT2D eigenvalue weighted by Gasteiger charge is 2.14. The minimum atomic E-state index is -0.870. The summed E-state index contributed by atoms with van der Waals surface area (Å²) in [4.78, 5) is 15.6. The molecular formula is C13H8ClF2NO. The molecule has 5 heteroatoms. The largest absolute Gasteiger partial charge is 0.294 e. The van der Waals surface area contributed by atoms with Gasteiger partial charge in [-0.3, -0.25) is 9.78 Å². The minimum absolute atomic E-state index is 0.0517. The second kappa shape index (κ2) is 5.23. The molecule has 0 aliphatic rings. The second-order valence-corrected chi connectivity index (χ2v) is 4.10. The average Bonchev–Trinajstić information content (AvgIpc) is 2.32. The number of hydrogen-bond acceptors (Lipinski definition) is 2. The van der Waals surface area contributed by atoms with Crippen molar-refractivity contribution >= 4 is 17.4 Å². The number of benzene rings is 1. The lowest BCUT2D eigenvalue weighted by Crippen LogP contribution is -2.07. The Bertz CT molecular complexity index is 601. The predicted molar refractivity (Wildman–Crippen MR) is 63.6 cm³/mol. The Morgan fingerprint density at radius 2 is 2.06 bits per heavy atom. The van der Waals surface area contributed by atoms with Gasteiger partial charge in [0.05, 0.1) is 10.6 Å². The minimum Gasteiger partial charge on any atom is -0.294 e. The first-order valence-corrected chi connectivity index (χ1v) is 5.52. The number of hydrogen-bond donors (Lipinski definition) is 0. The summed E-state index contributed by atoms with van der Waals surface area (Å²) < 4.78 is 26.1. The Hall–Kier alpha value is -1.81. The van der Waals surface area contributed by atoms with Crippen molar-refractivity contribution in [3.8, 4) is 0 Å². The number of ketones is 1. The monoisotopic (exact) mass is 267 g/mol. The van der Waals surface area contributed by atoms with E-state index in [1.54, 1.807) is 6.07 Å². The zero-order chi connectivity index (χ0) is 13.1. The van der Waals surface area contributed by atoms with Crippen LogP contribution in [-0.4, -0.2) is 10.8 Å². The number of nitrogens with zero attached hydrogens (tertiary/aromatic N) is 1. The molecule has 2 nitrogen and oxygen atoms in total. The molecular weight excluding hydrogens is 260 g/mol. The third-order valence-corrected chi connectivity index (χ3v) is 2.78. The van der Waals surface area contributed by atoms with Crippen molar-refractivity contribution < 1.29 is 13.6 Å². The van der Waals surface area contributed by atoms with Crippen LogP contribution in [0, 0.1) is 11.6 Å². The van der Waals surface area contributed by atoms with E-state index in [-0.39, 0.29) is 12.0 Å². The van der Waals surface area contributed by atoms with Gasteiger partial charge in [-0.15, -0.1) is 0 Å². The van der Waals surface area contributed by atoms with E-state index in [1.165, 1.54) is 12.4 Å². The number of aromatic nitrogens is 1. The topological polar surface area (TPSA) is 30.0 Å². The summed E-state index contributed by atoms with van der Waals surface area (Å²) >= 11 is 5.85. The Labute approximate surface area is 107 Å². The highest BCUT2D eigenvalue weighted by molar-refractivity contribution is 6.31. The smallest absolute Gasteiger partial charge is 0.170 e. The standard InChI is InChI=1S/C13H8ClF2NO/c14-11-7-17-4-3-8(11)5-13(18)10-2-1-9(15)6-12(10)16/h1-4,6-7H,5H2. The van der Waals surface area contributed by atoms with E-state index >= 15 is 0 Å². The molecule has 0 aliphatic carbocycles. The first kappa shape index (κ1) is 12.6. The molecule has 18 heavy (non-hydrogen) atoms. The van der Waals surface area contributed by atoms with Crippen molar-refractivity contribution in [3.63, 3.8) is 0 Å². The molecule has 0 radical (unpaired) electrons. The summed E-state index contributed by atoms with van der Waals surface area (Å²) in [6.45, 7) is 0. The maximum atomic E-state index is 13.4. The van der Waals surface area contributed by atoms with Gasteiger partial charge in [0.2, 0.25) is 0 Å². The fraction of sp³-hybridized carbons (Fsp3) is 0.0769. The van der Waals surface area contributed by atoms with Gasteiger partial charge in [-0.1, -0.05) is 11.6 Å². The highest BCUT2D eigenvalue weighted by Crippen LogP contribution is 2.18. The van der Waals surface area contributed by atoms with Crippen molar-refractivity contribution in [2.75, 3.05) is 0 Å². The molecule has 2 rings (SSSR count). The lowest BCUT2D eigenvalue weighted by atomic mass is 10.0. The quantitative estimate of drug-likeness (QED) is 0.798. The van der Waals surface area contributed by atoms with E-state index in [0.717, 1.165) is 12.1 Å². The van der Waals surface area contributed by atoms with Gasteiger partial charge in [0.15, 0.2) is 5.78 Å². The molecule has 0 bridgehead atoms. The molecule has 1 heterocycles. The van der Waals surface area contributed by atoms with Gasteiger partial charge in [-0.05, 0) is 23.8 Å². The third-order valence-electron chi connectivity index (χ3n) is 2.44. The zero-order valence-corrected chi connectivity index (χ0v) is 9.92. The van der Waals surface area contributed by atoms with Crippen LogP contribution >= 0.6 is 11.6 Å². The van der Waals surface area contributed by atoms with Crippen LogP contribution in [0.15, 0.2) is 36.7 Å². The number of carbonyl (C=O) groups is 1. The Balaban J connectivity index is 2.25. The Kier molecular flexibility index (Phi) is 3.67. The summed E-state index contributed by atoms with van der Waals surface area (Å²) in [5.41, 5.74) is 0.407. The average molecular weight is 268 g/mol. The van der Waals surface area contributed by atoms with Gasteiger partial charge in [0.1, 0.15) is 11.6 Å². The zero-order valence-electron chi connectivity index (χ0n) is 9.16. The normalized spacial score (nSPS) is 10.4. The second-order valence-electron chi connectivity index (χ2n) is 3.69. The van der Waals surface area contributed by atoms with E-state index < -0.39 is 17.4 Å². The van der Waals surface area contributed by atoms with E-state index in [9.17, 15) is 13.6 Å². The maximum Gasteiger partial charge on any atom is 0.170 e. The van der Waals surface area contributed by atoms with E-state index in [0.29, 0.717) is 16.7 Å². The lowest BCUT2D eigenvalue weighted by Gasteiger charge is -2.04. The van der Waals surface area contributed by atoms with Crippen LogP contribution in [0.25, 0.3) is 0 Å². The van der Waals surface area contributed by atoms with Crippen LogP contribution in [0.2, 0.25) is 5.02 Å². The maximum absolute atomic E-state index is 13.4. The van der Waals surface area contributed by atoms with Crippen molar-refractivity contribution in [2.24, 2.45) is 0 Å². The van der Waals surface area contributed by atoms with Gasteiger partial charge >= 0.3 is 0 Å². The molecule has 0 saturated carbocycles. The van der Waals surface area contributed by atoms with Crippen LogP contribution in [-0.2, 0) is 6.42 Å². The molecule has 1 aromatic carbocycles. The fourth-order valence-electron chi connectivity index (χ4n) is 1.53. The summed E-state index contributed by atoms with van der Waals surface area (Å²) in [5, 5.41) is 0.341. The number of Topliss-reactive ketones (excluding diaryl/α,β-unsaturated/α-hetero) is 1. The molecule has 0 aliphatic heterocycles. The molecule has 0 unspecified atom stereocenters. The van der Waals surface area contributed by atoms with Gasteiger partial charge in [-0.2, -0.15) is 0 Å². The number of pyridine rings is 1. The SMILES string of the molecule is O=C(Cc1ccncc1Cl)c1ccc(F)cc1F. The molecule has 0 saturated heterocycles. The summed E-state index contributed by atoms with van der Waals surface area (Å²) in [5.74, 6) is -2.04. The number of rotatable bonds is 3. The summed E-state index contributed by atoms with van der Waals surface area (Å²) in [7, 11) is 0. The number of halogens is 3. The molecule has 0 fully saturated rings.